The number of carbonyl (C=O) groups is 1. The number of hydrogen-bond donors (Lipinski definition) is 2. The molecule has 13 nitrogen and oxygen atoms in total. The van der Waals surface area contributed by atoms with Crippen molar-refractivity contribution < 1.29 is 36.2 Å². The molecule has 0 saturated heterocycles. The van der Waals surface area contributed by atoms with E-state index < -0.39 is 38.1 Å². The van der Waals surface area contributed by atoms with Crippen molar-refractivity contribution in [3.8, 4) is 11.5 Å². The fourth-order valence-corrected chi connectivity index (χ4v) is 6.70. The van der Waals surface area contributed by atoms with E-state index in [9.17, 15) is 26.7 Å². The number of aliphatic hydroxyl groups excluding tert-OH is 1. The number of imidazole rings is 1. The maximum absolute atomic E-state index is 13.7. The lowest BCUT2D eigenvalue weighted by Gasteiger charge is -2.38. The first-order valence-electron chi connectivity index (χ1n) is 13.1. The van der Waals surface area contributed by atoms with Crippen LogP contribution in [0, 0.1) is 5.92 Å². The van der Waals surface area contributed by atoms with Gasteiger partial charge in [-0.15, -0.1) is 0 Å². The van der Waals surface area contributed by atoms with E-state index in [1.54, 1.807) is 14.0 Å². The average molecular weight is 622 g/mol. The molecule has 42 heavy (non-hydrogen) atoms. The van der Waals surface area contributed by atoms with Crippen molar-refractivity contribution in [3.63, 3.8) is 0 Å². The highest BCUT2D eigenvalue weighted by molar-refractivity contribution is 7.92. The van der Waals surface area contributed by atoms with Crippen molar-refractivity contribution in [2.45, 2.75) is 35.9 Å². The number of likely N-dealkylation sites (N-methyl/N-ethyl adjacent to an activating group) is 1. The maximum atomic E-state index is 13.7. The van der Waals surface area contributed by atoms with Crippen molar-refractivity contribution in [3.05, 3.63) is 60.6 Å². The van der Waals surface area contributed by atoms with Crippen LogP contribution >= 0.6 is 0 Å². The summed E-state index contributed by atoms with van der Waals surface area (Å²) < 4.78 is 68.9. The van der Waals surface area contributed by atoms with Gasteiger partial charge in [-0.25, -0.2) is 21.8 Å². The molecule has 3 aromatic rings. The number of methoxy groups -OCH3 is 1. The standard InChI is InChI=1S/C27H35N5O8S2/c1-18-13-32(19(2)16-33)27(34)23-12-20(29-41(35,36)22-9-7-21(39-5)8-10-22)6-11-24(23)40-25(18)14-31(4)42(37,38)26-15-30(3)17-28-26/h6-12,15,17-19,25,29,33H,13-14,16H2,1-5H3/t18-,19-,25+/m0/s1. The molecule has 0 fully saturated rings. The largest absolute Gasteiger partial charge is 0.497 e. The van der Waals surface area contributed by atoms with Crippen LogP contribution in [0.2, 0.25) is 0 Å². The number of benzene rings is 2. The normalized spacial score (nSPS) is 18.5. The molecule has 228 valence electrons. The Labute approximate surface area is 245 Å². The Morgan fingerprint density at radius 3 is 2.48 bits per heavy atom. The van der Waals surface area contributed by atoms with Gasteiger partial charge in [0.1, 0.15) is 17.6 Å². The van der Waals surface area contributed by atoms with Crippen molar-refractivity contribution in [2.75, 3.05) is 38.6 Å². The van der Waals surface area contributed by atoms with Crippen LogP contribution in [0.5, 0.6) is 11.5 Å². The summed E-state index contributed by atoms with van der Waals surface area (Å²) in [4.78, 5) is 19.1. The van der Waals surface area contributed by atoms with E-state index >= 15 is 0 Å². The zero-order chi connectivity index (χ0) is 30.8. The van der Waals surface area contributed by atoms with Crippen LogP contribution in [-0.4, -0.2) is 92.6 Å². The highest BCUT2D eigenvalue weighted by Crippen LogP contribution is 2.32. The maximum Gasteiger partial charge on any atom is 0.261 e. The minimum atomic E-state index is -4.00. The van der Waals surface area contributed by atoms with Gasteiger partial charge in [-0.05, 0) is 49.4 Å². The zero-order valence-electron chi connectivity index (χ0n) is 24.0. The predicted octanol–water partition coefficient (Wildman–Crippen LogP) is 1.77. The summed E-state index contributed by atoms with van der Waals surface area (Å²) in [6.45, 7) is 3.32. The third kappa shape index (κ3) is 6.53. The van der Waals surface area contributed by atoms with Crippen molar-refractivity contribution >= 4 is 31.6 Å². The van der Waals surface area contributed by atoms with Crippen LogP contribution < -0.4 is 14.2 Å². The molecule has 15 heteroatoms. The molecule has 0 radical (unpaired) electrons. The number of amides is 1. The SMILES string of the molecule is COc1ccc(S(=O)(=O)Nc2ccc3c(c2)C(=O)N([C@@H](C)CO)C[C@H](C)[C@@H](CN(C)S(=O)(=O)c2cn(C)cn2)O3)cc1. The van der Waals surface area contributed by atoms with E-state index in [0.29, 0.717) is 5.75 Å². The highest BCUT2D eigenvalue weighted by Gasteiger charge is 2.36. The molecular weight excluding hydrogens is 586 g/mol. The fraction of sp³-hybridized carbons (Fsp3) is 0.407. The van der Waals surface area contributed by atoms with Crippen molar-refractivity contribution in [1.29, 1.82) is 0 Å². The number of fused-ring (bicyclic) bond motifs is 1. The van der Waals surface area contributed by atoms with Gasteiger partial charge in [0.05, 0.1) is 43.1 Å². The van der Waals surface area contributed by atoms with Crippen LogP contribution in [-0.2, 0) is 27.1 Å². The van der Waals surface area contributed by atoms with E-state index in [-0.39, 0.29) is 52.5 Å². The molecule has 2 aromatic carbocycles. The van der Waals surface area contributed by atoms with E-state index in [2.05, 4.69) is 9.71 Å². The second-order valence-corrected chi connectivity index (χ2v) is 14.0. The fourth-order valence-electron chi connectivity index (χ4n) is 4.51. The van der Waals surface area contributed by atoms with Gasteiger partial charge in [-0.2, -0.15) is 4.31 Å². The Morgan fingerprint density at radius 2 is 1.88 bits per heavy atom. The van der Waals surface area contributed by atoms with E-state index in [4.69, 9.17) is 9.47 Å². The number of anilines is 1. The van der Waals surface area contributed by atoms with E-state index in [1.807, 2.05) is 6.92 Å². The van der Waals surface area contributed by atoms with Gasteiger partial charge < -0.3 is 24.0 Å². The molecule has 2 heterocycles. The second-order valence-electron chi connectivity index (χ2n) is 10.3. The summed E-state index contributed by atoms with van der Waals surface area (Å²) in [5.74, 6) is -0.150. The van der Waals surface area contributed by atoms with Gasteiger partial charge in [-0.1, -0.05) is 6.92 Å². The highest BCUT2D eigenvalue weighted by atomic mass is 32.2. The van der Waals surface area contributed by atoms with Crippen LogP contribution in [0.3, 0.4) is 0 Å². The van der Waals surface area contributed by atoms with Gasteiger partial charge in [-0.3, -0.25) is 9.52 Å². The minimum Gasteiger partial charge on any atom is -0.497 e. The number of nitrogens with one attached hydrogen (secondary N) is 1. The second kappa shape index (κ2) is 12.3. The lowest BCUT2D eigenvalue weighted by Crippen LogP contribution is -2.50. The third-order valence-electron chi connectivity index (χ3n) is 7.08. The summed E-state index contributed by atoms with van der Waals surface area (Å²) in [5, 5.41) is 9.79. The van der Waals surface area contributed by atoms with Crippen LogP contribution in [0.1, 0.15) is 24.2 Å². The summed E-state index contributed by atoms with van der Waals surface area (Å²) in [6.07, 6.45) is 2.10. The average Bonchev–Trinajstić information content (AvgIpc) is 3.41. The zero-order valence-corrected chi connectivity index (χ0v) is 25.6. The van der Waals surface area contributed by atoms with Gasteiger partial charge in [0, 0.05) is 38.4 Å². The molecule has 4 rings (SSSR count). The van der Waals surface area contributed by atoms with Gasteiger partial charge >= 0.3 is 0 Å². The Bertz CT molecular complexity index is 1640. The topological polar surface area (TPSA) is 160 Å². The Hall–Kier alpha value is -3.66. The molecule has 1 amide bonds. The summed E-state index contributed by atoms with van der Waals surface area (Å²) >= 11 is 0. The third-order valence-corrected chi connectivity index (χ3v) is 10.2. The number of aromatic nitrogens is 2. The number of sulfonamides is 2. The Kier molecular flexibility index (Phi) is 9.15. The molecule has 0 aliphatic carbocycles. The molecule has 1 aliphatic rings. The van der Waals surface area contributed by atoms with Crippen LogP contribution in [0.4, 0.5) is 5.69 Å². The first-order chi connectivity index (χ1) is 19.8. The molecule has 0 unspecified atom stereocenters. The quantitative estimate of drug-likeness (QED) is 0.344. The first-order valence-corrected chi connectivity index (χ1v) is 16.0. The van der Waals surface area contributed by atoms with Crippen molar-refractivity contribution in [2.24, 2.45) is 13.0 Å². The molecule has 2 N–H and O–H groups in total. The molecule has 3 atom stereocenters. The van der Waals surface area contributed by atoms with Crippen molar-refractivity contribution in [1.82, 2.24) is 18.8 Å². The Balaban J connectivity index is 1.67. The molecule has 0 saturated carbocycles. The van der Waals surface area contributed by atoms with Gasteiger partial charge in [0.15, 0.2) is 5.03 Å². The number of aliphatic hydroxyl groups is 1. The lowest BCUT2D eigenvalue weighted by molar-refractivity contribution is 0.0387. The molecule has 1 aromatic heterocycles. The number of nitrogens with zero attached hydrogens (tertiary/aromatic N) is 4. The smallest absolute Gasteiger partial charge is 0.261 e. The minimum absolute atomic E-state index is 0.000750. The predicted molar refractivity (Wildman–Crippen MR) is 154 cm³/mol. The molecule has 0 bridgehead atoms. The number of carbonyl (C=O) groups excluding carboxylic acids is 1. The summed E-state index contributed by atoms with van der Waals surface area (Å²) in [6, 6.07) is 9.58. The summed E-state index contributed by atoms with van der Waals surface area (Å²) in [7, 11) is -3.36. The van der Waals surface area contributed by atoms with Crippen LogP contribution in [0.15, 0.2) is 64.9 Å². The number of hydrogen-bond acceptors (Lipinski definition) is 9. The molecule has 0 spiro atoms. The monoisotopic (exact) mass is 621 g/mol. The number of ether oxygens (including phenoxy) is 2. The van der Waals surface area contributed by atoms with Gasteiger partial charge in [0.25, 0.3) is 26.0 Å². The molecule has 1 aliphatic heterocycles. The number of aryl methyl sites for hydroxylation is 1. The number of rotatable bonds is 10. The van der Waals surface area contributed by atoms with E-state index in [0.717, 1.165) is 4.31 Å². The lowest BCUT2D eigenvalue weighted by atomic mass is 9.99. The molecular formula is C27H35N5O8S2. The Morgan fingerprint density at radius 1 is 1.19 bits per heavy atom. The van der Waals surface area contributed by atoms with Gasteiger partial charge in [0.2, 0.25) is 0 Å². The first kappa shape index (κ1) is 31.3. The summed E-state index contributed by atoms with van der Waals surface area (Å²) in [5.41, 5.74) is 0.190. The van der Waals surface area contributed by atoms with Crippen LogP contribution in [0.25, 0.3) is 0 Å². The van der Waals surface area contributed by atoms with E-state index in [1.165, 1.54) is 78.6 Å².